The van der Waals surface area contributed by atoms with Gasteiger partial charge in [0.25, 0.3) is 5.91 Å². The number of hydrogen-bond acceptors (Lipinski definition) is 6. The Labute approximate surface area is 185 Å². The van der Waals surface area contributed by atoms with Gasteiger partial charge in [0.2, 0.25) is 0 Å². The largest absolute Gasteiger partial charge is 0.497 e. The standard InChI is InChI=1S/C24H23N3O3S/c1-16-9-10-17(2)23-22(16)26-24(31-23)27(14-18-6-5-11-25-13-18)21(28)15-30-20-8-4-7-19(12-20)29-3/h4-13H,14-15H2,1-3H3. The molecule has 2 aromatic carbocycles. The smallest absolute Gasteiger partial charge is 0.267 e. The number of carbonyl (C=O) groups excluding carboxylic acids is 1. The van der Waals surface area contributed by atoms with Gasteiger partial charge in [-0.1, -0.05) is 35.6 Å². The second-order valence-corrected chi connectivity index (χ2v) is 8.16. The van der Waals surface area contributed by atoms with Gasteiger partial charge in [-0.25, -0.2) is 4.98 Å². The third kappa shape index (κ3) is 4.67. The highest BCUT2D eigenvalue weighted by molar-refractivity contribution is 7.22. The minimum absolute atomic E-state index is 0.110. The van der Waals surface area contributed by atoms with Gasteiger partial charge in [0.05, 0.1) is 23.9 Å². The van der Waals surface area contributed by atoms with Crippen molar-refractivity contribution >= 4 is 32.6 Å². The normalized spacial score (nSPS) is 10.8. The number of ether oxygens (including phenoxy) is 2. The first-order chi connectivity index (χ1) is 15.0. The third-order valence-electron chi connectivity index (χ3n) is 4.93. The first kappa shape index (κ1) is 20.8. The van der Waals surface area contributed by atoms with Crippen molar-refractivity contribution in [3.8, 4) is 11.5 Å². The van der Waals surface area contributed by atoms with Gasteiger partial charge in [0, 0.05) is 18.5 Å². The summed E-state index contributed by atoms with van der Waals surface area (Å²) in [6.07, 6.45) is 3.47. The summed E-state index contributed by atoms with van der Waals surface area (Å²) in [7, 11) is 1.59. The number of amides is 1. The molecule has 158 valence electrons. The molecule has 31 heavy (non-hydrogen) atoms. The van der Waals surface area contributed by atoms with Gasteiger partial charge < -0.3 is 9.47 Å². The van der Waals surface area contributed by atoms with E-state index in [0.717, 1.165) is 26.9 Å². The SMILES string of the molecule is COc1cccc(OCC(=O)N(Cc2cccnc2)c2nc3c(C)ccc(C)c3s2)c1. The van der Waals surface area contributed by atoms with Crippen LogP contribution in [0, 0.1) is 13.8 Å². The zero-order valence-corrected chi connectivity index (χ0v) is 18.5. The minimum atomic E-state index is -0.180. The molecule has 0 N–H and O–H groups in total. The highest BCUT2D eigenvalue weighted by Crippen LogP contribution is 2.34. The van der Waals surface area contributed by atoms with Crippen LogP contribution in [0.3, 0.4) is 0 Å². The summed E-state index contributed by atoms with van der Waals surface area (Å²) in [4.78, 5) is 23.9. The van der Waals surface area contributed by atoms with Crippen molar-refractivity contribution in [3.05, 3.63) is 77.6 Å². The Balaban J connectivity index is 1.63. The molecule has 1 amide bonds. The number of pyridine rings is 1. The lowest BCUT2D eigenvalue weighted by Crippen LogP contribution is -2.34. The number of fused-ring (bicyclic) bond motifs is 1. The number of benzene rings is 2. The molecule has 6 nitrogen and oxygen atoms in total. The van der Waals surface area contributed by atoms with Crippen LogP contribution in [0.15, 0.2) is 60.9 Å². The van der Waals surface area contributed by atoms with Crippen molar-refractivity contribution < 1.29 is 14.3 Å². The van der Waals surface area contributed by atoms with Crippen LogP contribution in [0.4, 0.5) is 5.13 Å². The number of thiazole rings is 1. The quantitative estimate of drug-likeness (QED) is 0.414. The van der Waals surface area contributed by atoms with Crippen molar-refractivity contribution in [1.82, 2.24) is 9.97 Å². The molecule has 0 spiro atoms. The number of nitrogens with zero attached hydrogens (tertiary/aromatic N) is 3. The van der Waals surface area contributed by atoms with Crippen molar-refractivity contribution in [2.24, 2.45) is 0 Å². The summed E-state index contributed by atoms with van der Waals surface area (Å²) in [5, 5.41) is 0.649. The molecule has 0 unspecified atom stereocenters. The Bertz CT molecular complexity index is 1170. The van der Waals surface area contributed by atoms with Gasteiger partial charge in [-0.15, -0.1) is 0 Å². The van der Waals surface area contributed by atoms with Crippen molar-refractivity contribution in [3.63, 3.8) is 0 Å². The van der Waals surface area contributed by atoms with E-state index in [1.54, 1.807) is 36.5 Å². The molecule has 0 bridgehead atoms. The second kappa shape index (κ2) is 9.14. The van der Waals surface area contributed by atoms with Crippen LogP contribution >= 0.6 is 11.3 Å². The molecule has 0 aliphatic rings. The Morgan fingerprint density at radius 1 is 1.06 bits per heavy atom. The summed E-state index contributed by atoms with van der Waals surface area (Å²) in [5.74, 6) is 1.07. The average Bonchev–Trinajstić information content (AvgIpc) is 3.26. The second-order valence-electron chi connectivity index (χ2n) is 7.18. The summed E-state index contributed by atoms with van der Waals surface area (Å²) in [5.41, 5.74) is 4.08. The average molecular weight is 434 g/mol. The number of aryl methyl sites for hydroxylation is 2. The Morgan fingerprint density at radius 3 is 2.61 bits per heavy atom. The number of methoxy groups -OCH3 is 1. The molecule has 0 aliphatic heterocycles. The molecule has 0 saturated carbocycles. The number of carbonyl (C=O) groups is 1. The van der Waals surface area contributed by atoms with E-state index in [1.807, 2.05) is 31.2 Å². The van der Waals surface area contributed by atoms with Crippen LogP contribution in [0.5, 0.6) is 11.5 Å². The van der Waals surface area contributed by atoms with Crippen LogP contribution in [0.1, 0.15) is 16.7 Å². The van der Waals surface area contributed by atoms with E-state index < -0.39 is 0 Å². The van der Waals surface area contributed by atoms with Crippen LogP contribution < -0.4 is 14.4 Å². The van der Waals surface area contributed by atoms with E-state index in [1.165, 1.54) is 11.3 Å². The zero-order chi connectivity index (χ0) is 21.8. The van der Waals surface area contributed by atoms with Gasteiger partial charge in [0.1, 0.15) is 11.5 Å². The fourth-order valence-corrected chi connectivity index (χ4v) is 4.34. The lowest BCUT2D eigenvalue weighted by Gasteiger charge is -2.20. The predicted octanol–water partition coefficient (Wildman–Crippen LogP) is 4.93. The van der Waals surface area contributed by atoms with E-state index in [0.29, 0.717) is 23.2 Å². The molecule has 2 heterocycles. The maximum atomic E-state index is 13.2. The Morgan fingerprint density at radius 2 is 1.87 bits per heavy atom. The molecule has 7 heteroatoms. The lowest BCUT2D eigenvalue weighted by atomic mass is 10.1. The molecule has 0 aliphatic carbocycles. The minimum Gasteiger partial charge on any atom is -0.497 e. The number of aromatic nitrogens is 2. The van der Waals surface area contributed by atoms with Gasteiger partial charge >= 0.3 is 0 Å². The van der Waals surface area contributed by atoms with Crippen molar-refractivity contribution in [1.29, 1.82) is 0 Å². The van der Waals surface area contributed by atoms with Crippen molar-refractivity contribution in [2.45, 2.75) is 20.4 Å². The van der Waals surface area contributed by atoms with E-state index in [-0.39, 0.29) is 12.5 Å². The summed E-state index contributed by atoms with van der Waals surface area (Å²) in [6, 6.07) is 15.1. The monoisotopic (exact) mass is 433 g/mol. The number of anilines is 1. The molecule has 4 rings (SSSR count). The third-order valence-corrected chi connectivity index (χ3v) is 6.14. The molecular formula is C24H23N3O3S. The van der Waals surface area contributed by atoms with E-state index in [2.05, 4.69) is 24.0 Å². The molecule has 0 radical (unpaired) electrons. The lowest BCUT2D eigenvalue weighted by molar-refractivity contribution is -0.120. The maximum Gasteiger partial charge on any atom is 0.267 e. The van der Waals surface area contributed by atoms with Crippen LogP contribution in [-0.4, -0.2) is 29.6 Å². The van der Waals surface area contributed by atoms with E-state index in [4.69, 9.17) is 14.5 Å². The van der Waals surface area contributed by atoms with E-state index in [9.17, 15) is 4.79 Å². The van der Waals surface area contributed by atoms with Crippen LogP contribution in [-0.2, 0) is 11.3 Å². The van der Waals surface area contributed by atoms with Crippen LogP contribution in [0.2, 0.25) is 0 Å². The highest BCUT2D eigenvalue weighted by atomic mass is 32.1. The van der Waals surface area contributed by atoms with Gasteiger partial charge in [-0.2, -0.15) is 0 Å². The molecule has 4 aromatic rings. The van der Waals surface area contributed by atoms with Gasteiger partial charge in [-0.05, 0) is 48.7 Å². The molecule has 0 fully saturated rings. The van der Waals surface area contributed by atoms with Crippen molar-refractivity contribution in [2.75, 3.05) is 18.6 Å². The van der Waals surface area contributed by atoms with Gasteiger partial charge in [-0.3, -0.25) is 14.7 Å². The van der Waals surface area contributed by atoms with Crippen LogP contribution in [0.25, 0.3) is 10.2 Å². The first-order valence-corrected chi connectivity index (χ1v) is 10.7. The Kier molecular flexibility index (Phi) is 6.13. The summed E-state index contributed by atoms with van der Waals surface area (Å²) in [6.45, 7) is 4.35. The topological polar surface area (TPSA) is 64.6 Å². The molecule has 2 aromatic heterocycles. The first-order valence-electron chi connectivity index (χ1n) is 9.88. The summed E-state index contributed by atoms with van der Waals surface area (Å²) < 4.78 is 12.1. The van der Waals surface area contributed by atoms with Gasteiger partial charge in [0.15, 0.2) is 11.7 Å². The number of hydrogen-bond donors (Lipinski definition) is 0. The zero-order valence-electron chi connectivity index (χ0n) is 17.7. The maximum absolute atomic E-state index is 13.2. The fraction of sp³-hybridized carbons (Fsp3) is 0.208. The Hall–Kier alpha value is -3.45. The fourth-order valence-electron chi connectivity index (χ4n) is 3.21. The molecular weight excluding hydrogens is 410 g/mol. The highest BCUT2D eigenvalue weighted by Gasteiger charge is 2.22. The summed E-state index contributed by atoms with van der Waals surface area (Å²) >= 11 is 1.52. The number of rotatable bonds is 7. The molecule has 0 saturated heterocycles. The predicted molar refractivity (Wildman–Crippen MR) is 123 cm³/mol. The van der Waals surface area contributed by atoms with E-state index >= 15 is 0 Å². The molecule has 0 atom stereocenters.